The van der Waals surface area contributed by atoms with E-state index in [0.717, 1.165) is 36.2 Å². The molecule has 1 N–H and O–H groups in total. The van der Waals surface area contributed by atoms with Gasteiger partial charge in [-0.05, 0) is 24.6 Å². The van der Waals surface area contributed by atoms with Crippen LogP contribution in [0.3, 0.4) is 0 Å². The third-order valence-electron chi connectivity index (χ3n) is 3.11. The Labute approximate surface area is 117 Å². The number of aryl methyl sites for hydroxylation is 1. The van der Waals surface area contributed by atoms with Crippen LogP contribution in [-0.2, 0) is 13.1 Å². The first-order valence-electron chi connectivity index (χ1n) is 6.81. The van der Waals surface area contributed by atoms with E-state index in [1.807, 2.05) is 29.1 Å². The average molecular weight is 267 g/mol. The summed E-state index contributed by atoms with van der Waals surface area (Å²) in [7, 11) is 0. The van der Waals surface area contributed by atoms with Crippen molar-refractivity contribution in [2.24, 2.45) is 0 Å². The van der Waals surface area contributed by atoms with Gasteiger partial charge in [-0.1, -0.05) is 6.92 Å². The van der Waals surface area contributed by atoms with Crippen LogP contribution in [0.25, 0.3) is 11.0 Å². The second-order valence-corrected chi connectivity index (χ2v) is 4.73. The highest BCUT2D eigenvalue weighted by Gasteiger charge is 2.00. The molecule has 102 valence electrons. The van der Waals surface area contributed by atoms with Crippen molar-refractivity contribution in [3.8, 4) is 0 Å². The van der Waals surface area contributed by atoms with Gasteiger partial charge < -0.3 is 5.32 Å². The lowest BCUT2D eigenvalue weighted by molar-refractivity contribution is 0.602. The predicted molar refractivity (Wildman–Crippen MR) is 79.4 cm³/mol. The first-order valence-corrected chi connectivity index (χ1v) is 6.81. The molecule has 3 rings (SSSR count). The van der Waals surface area contributed by atoms with Crippen molar-refractivity contribution < 1.29 is 0 Å². The van der Waals surface area contributed by atoms with Crippen LogP contribution in [0, 0.1) is 0 Å². The smallest absolute Gasteiger partial charge is 0.0907 e. The summed E-state index contributed by atoms with van der Waals surface area (Å²) < 4.78 is 1.98. The number of hydrogen-bond donors (Lipinski definition) is 1. The summed E-state index contributed by atoms with van der Waals surface area (Å²) >= 11 is 0. The van der Waals surface area contributed by atoms with Crippen LogP contribution in [-0.4, -0.2) is 19.7 Å². The molecule has 5 heteroatoms. The lowest BCUT2D eigenvalue weighted by atomic mass is 10.2. The predicted octanol–water partition coefficient (Wildman–Crippen LogP) is 2.85. The molecule has 5 nitrogen and oxygen atoms in total. The molecule has 0 bridgehead atoms. The summed E-state index contributed by atoms with van der Waals surface area (Å²) in [5.74, 6) is 0. The maximum Gasteiger partial charge on any atom is 0.0907 e. The van der Waals surface area contributed by atoms with Gasteiger partial charge in [0.15, 0.2) is 0 Å². The number of rotatable bonds is 5. The van der Waals surface area contributed by atoms with E-state index in [9.17, 15) is 0 Å². The number of benzene rings is 1. The van der Waals surface area contributed by atoms with Gasteiger partial charge in [0.05, 0.1) is 17.2 Å². The summed E-state index contributed by atoms with van der Waals surface area (Å²) in [6.45, 7) is 3.87. The molecule has 0 amide bonds. The highest BCUT2D eigenvalue weighted by atomic mass is 15.3. The summed E-state index contributed by atoms with van der Waals surface area (Å²) in [5.41, 5.74) is 4.03. The summed E-state index contributed by atoms with van der Waals surface area (Å²) in [6, 6.07) is 6.01. The van der Waals surface area contributed by atoms with E-state index in [1.54, 1.807) is 12.4 Å². The van der Waals surface area contributed by atoms with E-state index in [2.05, 4.69) is 33.5 Å². The highest BCUT2D eigenvalue weighted by Crippen LogP contribution is 2.15. The van der Waals surface area contributed by atoms with Gasteiger partial charge in [-0.25, -0.2) is 0 Å². The Bertz CT molecular complexity index is 704. The number of nitrogens with zero attached hydrogens (tertiary/aromatic N) is 4. The molecule has 2 aromatic heterocycles. The zero-order valence-electron chi connectivity index (χ0n) is 11.5. The molecule has 0 aliphatic heterocycles. The number of hydrogen-bond acceptors (Lipinski definition) is 4. The molecule has 0 aliphatic carbocycles. The van der Waals surface area contributed by atoms with Crippen molar-refractivity contribution in [2.75, 3.05) is 5.32 Å². The Morgan fingerprint density at radius 3 is 2.85 bits per heavy atom. The quantitative estimate of drug-likeness (QED) is 0.772. The number of aromatic nitrogens is 4. The Hall–Kier alpha value is -2.43. The molecule has 0 unspecified atom stereocenters. The van der Waals surface area contributed by atoms with Crippen LogP contribution in [0.2, 0.25) is 0 Å². The van der Waals surface area contributed by atoms with E-state index < -0.39 is 0 Å². The van der Waals surface area contributed by atoms with Gasteiger partial charge in [0.25, 0.3) is 0 Å². The molecule has 0 atom stereocenters. The van der Waals surface area contributed by atoms with E-state index in [1.165, 1.54) is 5.56 Å². The zero-order valence-corrected chi connectivity index (χ0v) is 11.5. The first kappa shape index (κ1) is 12.6. The number of fused-ring (bicyclic) bond motifs is 1. The normalized spacial score (nSPS) is 10.8. The summed E-state index contributed by atoms with van der Waals surface area (Å²) in [4.78, 5) is 8.57. The molecular formula is C15H17N5. The third kappa shape index (κ3) is 2.77. The second kappa shape index (κ2) is 5.69. The Balaban J connectivity index is 1.69. The van der Waals surface area contributed by atoms with Gasteiger partial charge in [-0.3, -0.25) is 14.6 Å². The van der Waals surface area contributed by atoms with Crippen molar-refractivity contribution in [3.05, 3.63) is 48.5 Å². The van der Waals surface area contributed by atoms with Gasteiger partial charge in [0, 0.05) is 42.9 Å². The number of nitrogens with one attached hydrogen (secondary N) is 1. The van der Waals surface area contributed by atoms with Crippen molar-refractivity contribution in [1.82, 2.24) is 19.7 Å². The van der Waals surface area contributed by atoms with Gasteiger partial charge >= 0.3 is 0 Å². The Morgan fingerprint density at radius 2 is 2.00 bits per heavy atom. The largest absolute Gasteiger partial charge is 0.381 e. The van der Waals surface area contributed by atoms with Crippen LogP contribution in [0.1, 0.15) is 18.9 Å². The minimum absolute atomic E-state index is 0.759. The molecule has 2 heterocycles. The Kier molecular flexibility index (Phi) is 3.58. The van der Waals surface area contributed by atoms with Crippen molar-refractivity contribution >= 4 is 16.7 Å². The van der Waals surface area contributed by atoms with E-state index in [4.69, 9.17) is 0 Å². The molecular weight excluding hydrogens is 250 g/mol. The second-order valence-electron chi connectivity index (χ2n) is 4.73. The SMILES string of the molecule is CCCn1cc(CNc2ccc3nccnc3c2)cn1. The van der Waals surface area contributed by atoms with Crippen molar-refractivity contribution in [3.63, 3.8) is 0 Å². The van der Waals surface area contributed by atoms with E-state index in [-0.39, 0.29) is 0 Å². The third-order valence-corrected chi connectivity index (χ3v) is 3.11. The first-order chi connectivity index (χ1) is 9.85. The van der Waals surface area contributed by atoms with E-state index in [0.29, 0.717) is 0 Å². The van der Waals surface area contributed by atoms with Gasteiger partial charge in [0.1, 0.15) is 0 Å². The fourth-order valence-electron chi connectivity index (χ4n) is 2.13. The molecule has 3 aromatic rings. The van der Waals surface area contributed by atoms with Crippen molar-refractivity contribution in [1.29, 1.82) is 0 Å². The minimum atomic E-state index is 0.759. The maximum atomic E-state index is 4.32. The minimum Gasteiger partial charge on any atom is -0.381 e. The molecule has 0 saturated heterocycles. The fourth-order valence-corrected chi connectivity index (χ4v) is 2.13. The van der Waals surface area contributed by atoms with Crippen LogP contribution in [0.5, 0.6) is 0 Å². The van der Waals surface area contributed by atoms with E-state index >= 15 is 0 Å². The molecule has 0 aliphatic rings. The van der Waals surface area contributed by atoms with Crippen LogP contribution in [0.4, 0.5) is 5.69 Å². The lowest BCUT2D eigenvalue weighted by Gasteiger charge is -2.05. The standard InChI is InChI=1S/C15H17N5/c1-2-7-20-11-12(10-19-20)9-18-13-3-4-14-15(8-13)17-6-5-16-14/h3-6,8,10-11,18H,2,7,9H2,1H3. The van der Waals surface area contributed by atoms with Crippen LogP contribution >= 0.6 is 0 Å². The monoisotopic (exact) mass is 267 g/mol. The van der Waals surface area contributed by atoms with Crippen molar-refractivity contribution in [2.45, 2.75) is 26.4 Å². The maximum absolute atomic E-state index is 4.32. The molecule has 0 fully saturated rings. The average Bonchev–Trinajstić information content (AvgIpc) is 2.93. The summed E-state index contributed by atoms with van der Waals surface area (Å²) in [5, 5.41) is 7.71. The topological polar surface area (TPSA) is 55.6 Å². The fraction of sp³-hybridized carbons (Fsp3) is 0.267. The highest BCUT2D eigenvalue weighted by molar-refractivity contribution is 5.78. The van der Waals surface area contributed by atoms with Crippen LogP contribution < -0.4 is 5.32 Å². The lowest BCUT2D eigenvalue weighted by Crippen LogP contribution is -1.99. The Morgan fingerprint density at radius 1 is 1.15 bits per heavy atom. The molecule has 1 aromatic carbocycles. The van der Waals surface area contributed by atoms with Crippen LogP contribution in [0.15, 0.2) is 43.0 Å². The van der Waals surface area contributed by atoms with Gasteiger partial charge in [0.2, 0.25) is 0 Å². The molecule has 20 heavy (non-hydrogen) atoms. The zero-order chi connectivity index (χ0) is 13.8. The molecule has 0 spiro atoms. The van der Waals surface area contributed by atoms with Gasteiger partial charge in [-0.15, -0.1) is 0 Å². The molecule has 0 saturated carbocycles. The van der Waals surface area contributed by atoms with Gasteiger partial charge in [-0.2, -0.15) is 5.10 Å². The molecule has 0 radical (unpaired) electrons. The summed E-state index contributed by atoms with van der Waals surface area (Å²) in [6.07, 6.45) is 8.50. The number of anilines is 1.